The van der Waals surface area contributed by atoms with Crippen molar-refractivity contribution in [2.24, 2.45) is 0 Å². The molecule has 1 unspecified atom stereocenters. The van der Waals surface area contributed by atoms with Crippen molar-refractivity contribution in [2.45, 2.75) is 335 Å². The molecule has 0 aliphatic carbocycles. The van der Waals surface area contributed by atoms with Crippen molar-refractivity contribution in [1.29, 1.82) is 0 Å². The first-order valence-corrected chi connectivity index (χ1v) is 35.0. The van der Waals surface area contributed by atoms with Gasteiger partial charge in [0.2, 0.25) is 0 Å². The molecule has 0 saturated carbocycles. The van der Waals surface area contributed by atoms with E-state index in [1.807, 2.05) is 0 Å². The summed E-state index contributed by atoms with van der Waals surface area (Å²) in [4.78, 5) is 38.2. The minimum absolute atomic E-state index is 0.0773. The van der Waals surface area contributed by atoms with Crippen molar-refractivity contribution in [2.75, 3.05) is 13.2 Å². The Balaban J connectivity index is 4.09. The van der Waals surface area contributed by atoms with Gasteiger partial charge in [0.05, 0.1) is 0 Å². The average Bonchev–Trinajstić information content (AvgIpc) is 3.49. The zero-order valence-corrected chi connectivity index (χ0v) is 54.4. The van der Waals surface area contributed by atoms with E-state index in [4.69, 9.17) is 14.2 Å². The molecule has 0 amide bonds. The Bertz CT molecular complexity index is 1700. The number of hydrogen-bond donors (Lipinski definition) is 0. The van der Waals surface area contributed by atoms with E-state index < -0.39 is 6.10 Å². The van der Waals surface area contributed by atoms with Gasteiger partial charge in [0.15, 0.2) is 6.10 Å². The van der Waals surface area contributed by atoms with Crippen LogP contribution in [0, 0.1) is 0 Å². The third-order valence-electron chi connectivity index (χ3n) is 15.0. The number of esters is 3. The number of ether oxygens (including phenoxy) is 3. The third kappa shape index (κ3) is 68.5. The van der Waals surface area contributed by atoms with Crippen LogP contribution in [0.2, 0.25) is 0 Å². The van der Waals surface area contributed by atoms with Gasteiger partial charge in [-0.1, -0.05) is 322 Å². The molecule has 0 aromatic carbocycles. The molecule has 0 saturated heterocycles. The molecule has 0 aliphatic heterocycles. The second kappa shape index (κ2) is 70.3. The van der Waals surface area contributed by atoms with Crippen molar-refractivity contribution < 1.29 is 28.6 Å². The fourth-order valence-corrected chi connectivity index (χ4v) is 9.79. The number of carbonyl (C=O) groups excluding carboxylic acids is 3. The summed E-state index contributed by atoms with van der Waals surface area (Å²) >= 11 is 0. The van der Waals surface area contributed by atoms with Crippen LogP contribution in [-0.4, -0.2) is 37.2 Å². The molecule has 474 valence electrons. The SMILES string of the molecule is CC/C=C\C/C=C\C/C=C\C/C=C\C/C=C\C/C=C\CCCCCCCCCCCCC(=O)OCC(COC(=O)CCCCCCCCC)OC(=O)CCCCCCCCCCCCCCCCCC/C=C\C/C=C\C/C=C\C/C=C\CC. The minimum atomic E-state index is -0.779. The molecule has 0 aromatic heterocycles. The van der Waals surface area contributed by atoms with Gasteiger partial charge in [0, 0.05) is 19.3 Å². The Morgan fingerprint density at radius 1 is 0.253 bits per heavy atom. The normalized spacial score (nSPS) is 12.9. The molecule has 0 fully saturated rings. The van der Waals surface area contributed by atoms with Gasteiger partial charge in [0.1, 0.15) is 13.2 Å². The average molecular weight is 1150 g/mol. The monoisotopic (exact) mass is 1150 g/mol. The van der Waals surface area contributed by atoms with Gasteiger partial charge < -0.3 is 14.2 Å². The molecule has 0 aliphatic rings. The maximum absolute atomic E-state index is 12.9. The highest BCUT2D eigenvalue weighted by atomic mass is 16.6. The number of rotatable bonds is 63. The summed E-state index contributed by atoms with van der Waals surface area (Å²) in [6.07, 6.45) is 98.2. The van der Waals surface area contributed by atoms with Crippen LogP contribution in [0.5, 0.6) is 0 Å². The van der Waals surface area contributed by atoms with Crippen molar-refractivity contribution in [3.05, 3.63) is 122 Å². The molecule has 83 heavy (non-hydrogen) atoms. The maximum Gasteiger partial charge on any atom is 0.306 e. The van der Waals surface area contributed by atoms with Gasteiger partial charge >= 0.3 is 17.9 Å². The lowest BCUT2D eigenvalue weighted by Crippen LogP contribution is -2.30. The Labute approximate surface area is 513 Å². The number of allylic oxidation sites excluding steroid dienone is 20. The second-order valence-corrected chi connectivity index (χ2v) is 23.0. The fourth-order valence-electron chi connectivity index (χ4n) is 9.79. The van der Waals surface area contributed by atoms with Crippen LogP contribution in [0.15, 0.2) is 122 Å². The second-order valence-electron chi connectivity index (χ2n) is 23.0. The highest BCUT2D eigenvalue weighted by Gasteiger charge is 2.19. The lowest BCUT2D eigenvalue weighted by molar-refractivity contribution is -0.167. The molecule has 0 N–H and O–H groups in total. The summed E-state index contributed by atoms with van der Waals surface area (Å²) in [5, 5.41) is 0. The predicted molar refractivity (Wildman–Crippen MR) is 362 cm³/mol. The quantitative estimate of drug-likeness (QED) is 0.0261. The molecule has 0 rings (SSSR count). The zero-order chi connectivity index (χ0) is 59.9. The first-order chi connectivity index (χ1) is 41.0. The highest BCUT2D eigenvalue weighted by molar-refractivity contribution is 5.71. The van der Waals surface area contributed by atoms with E-state index >= 15 is 0 Å². The van der Waals surface area contributed by atoms with E-state index in [0.29, 0.717) is 19.3 Å². The number of unbranched alkanes of at least 4 members (excludes halogenated alkanes) is 32. The first-order valence-electron chi connectivity index (χ1n) is 35.0. The maximum atomic E-state index is 12.9. The Morgan fingerprint density at radius 2 is 0.470 bits per heavy atom. The molecule has 6 nitrogen and oxygen atoms in total. The van der Waals surface area contributed by atoms with Gasteiger partial charge in [-0.3, -0.25) is 14.4 Å². The van der Waals surface area contributed by atoms with Gasteiger partial charge in [-0.25, -0.2) is 0 Å². The summed E-state index contributed by atoms with van der Waals surface area (Å²) in [7, 11) is 0. The molecule has 6 heteroatoms. The van der Waals surface area contributed by atoms with Crippen molar-refractivity contribution in [3.8, 4) is 0 Å². The van der Waals surface area contributed by atoms with Crippen molar-refractivity contribution in [3.63, 3.8) is 0 Å². The van der Waals surface area contributed by atoms with E-state index in [1.54, 1.807) is 0 Å². The molecule has 1 atom stereocenters. The van der Waals surface area contributed by atoms with Crippen LogP contribution >= 0.6 is 0 Å². The molecule has 0 aromatic rings. The van der Waals surface area contributed by atoms with Crippen molar-refractivity contribution >= 4 is 17.9 Å². The lowest BCUT2D eigenvalue weighted by atomic mass is 10.0. The lowest BCUT2D eigenvalue weighted by Gasteiger charge is -2.18. The number of carbonyl (C=O) groups is 3. The van der Waals surface area contributed by atoms with Crippen LogP contribution in [-0.2, 0) is 28.6 Å². The predicted octanol–water partition coefficient (Wildman–Crippen LogP) is 24.3. The van der Waals surface area contributed by atoms with E-state index in [1.165, 1.54) is 167 Å². The summed E-state index contributed by atoms with van der Waals surface area (Å²) in [6.45, 7) is 6.40. The van der Waals surface area contributed by atoms with Crippen molar-refractivity contribution in [1.82, 2.24) is 0 Å². The molecule has 0 heterocycles. The fraction of sp³-hybridized carbons (Fsp3) is 0.701. The standard InChI is InChI=1S/C77H130O6/c1-4-7-10-13-16-18-20-22-24-26-28-30-32-34-36-38-40-42-44-46-48-50-52-54-56-58-61-64-67-70-76(79)82-73-74(72-81-75(78)69-66-63-60-15-12-9-6-3)83-77(80)71-68-65-62-59-57-55-53-51-49-47-45-43-41-39-37-35-33-31-29-27-25-23-21-19-17-14-11-8-5-2/h7-8,10-11,16-19,22-25,28-31,34,36,40,42,74H,4-6,9,12-15,20-21,26-27,32-33,35,37-39,41,43-73H2,1-3H3/b10-7-,11-8-,18-16-,19-17-,24-22-,25-23-,30-28-,31-29-,36-34-,42-40-. The highest BCUT2D eigenvalue weighted by Crippen LogP contribution is 2.17. The Hall–Kier alpha value is -4.19. The van der Waals surface area contributed by atoms with Gasteiger partial charge in [-0.15, -0.1) is 0 Å². The van der Waals surface area contributed by atoms with E-state index in [9.17, 15) is 14.4 Å². The number of hydrogen-bond acceptors (Lipinski definition) is 6. The Morgan fingerprint density at radius 3 is 0.735 bits per heavy atom. The largest absolute Gasteiger partial charge is 0.462 e. The smallest absolute Gasteiger partial charge is 0.306 e. The van der Waals surface area contributed by atoms with E-state index in [2.05, 4.69) is 142 Å². The summed E-state index contributed by atoms with van der Waals surface area (Å²) in [6, 6.07) is 0. The Kier molecular flexibility index (Phi) is 66.7. The molecule has 0 radical (unpaired) electrons. The summed E-state index contributed by atoms with van der Waals surface area (Å²) < 4.78 is 16.9. The van der Waals surface area contributed by atoms with Crippen LogP contribution in [0.1, 0.15) is 329 Å². The van der Waals surface area contributed by atoms with Gasteiger partial charge in [0.25, 0.3) is 0 Å². The van der Waals surface area contributed by atoms with Gasteiger partial charge in [-0.05, 0) is 109 Å². The van der Waals surface area contributed by atoms with Crippen LogP contribution in [0.25, 0.3) is 0 Å². The van der Waals surface area contributed by atoms with E-state index in [-0.39, 0.29) is 31.1 Å². The third-order valence-corrected chi connectivity index (χ3v) is 15.0. The topological polar surface area (TPSA) is 78.9 Å². The molecule has 0 bridgehead atoms. The van der Waals surface area contributed by atoms with Crippen LogP contribution < -0.4 is 0 Å². The molecular weight excluding hydrogens is 1020 g/mol. The van der Waals surface area contributed by atoms with Crippen LogP contribution in [0.4, 0.5) is 0 Å². The summed E-state index contributed by atoms with van der Waals surface area (Å²) in [5.74, 6) is -0.878. The summed E-state index contributed by atoms with van der Waals surface area (Å²) in [5.41, 5.74) is 0. The van der Waals surface area contributed by atoms with Gasteiger partial charge in [-0.2, -0.15) is 0 Å². The van der Waals surface area contributed by atoms with Crippen LogP contribution in [0.3, 0.4) is 0 Å². The molecular formula is C77H130O6. The van der Waals surface area contributed by atoms with E-state index in [0.717, 1.165) is 122 Å². The minimum Gasteiger partial charge on any atom is -0.462 e. The molecule has 0 spiro atoms. The zero-order valence-electron chi connectivity index (χ0n) is 54.4. The first kappa shape index (κ1) is 78.8.